The van der Waals surface area contributed by atoms with Crippen LogP contribution in [0.4, 0.5) is 4.39 Å². The molecule has 1 atom stereocenters. The van der Waals surface area contributed by atoms with Crippen molar-refractivity contribution in [1.29, 1.82) is 5.26 Å². The molecule has 0 aliphatic rings. The van der Waals surface area contributed by atoms with Gasteiger partial charge in [0.1, 0.15) is 17.9 Å². The SMILES string of the molecule is CC(C)[C@@H](NS(=O)(=O)c1ccc(F)cc1C#N)C(=O)O. The van der Waals surface area contributed by atoms with Crippen LogP contribution in [0.1, 0.15) is 19.4 Å². The fraction of sp³-hybridized carbons (Fsp3) is 0.333. The molecule has 1 aromatic carbocycles. The Morgan fingerprint density at radius 3 is 2.50 bits per heavy atom. The van der Waals surface area contributed by atoms with Crippen molar-refractivity contribution in [3.05, 3.63) is 29.6 Å². The third kappa shape index (κ3) is 3.53. The lowest BCUT2D eigenvalue weighted by molar-refractivity contribution is -0.140. The summed E-state index contributed by atoms with van der Waals surface area (Å²) >= 11 is 0. The molecule has 0 saturated carbocycles. The number of nitriles is 1. The number of carbonyl (C=O) groups is 1. The minimum atomic E-state index is -4.23. The first kappa shape index (κ1) is 16.1. The molecule has 0 saturated heterocycles. The number of hydrogen-bond donors (Lipinski definition) is 2. The number of nitrogens with one attached hydrogen (secondary N) is 1. The van der Waals surface area contributed by atoms with Crippen molar-refractivity contribution in [1.82, 2.24) is 4.72 Å². The Balaban J connectivity index is 3.25. The van der Waals surface area contributed by atoms with E-state index >= 15 is 0 Å². The highest BCUT2D eigenvalue weighted by Gasteiger charge is 2.29. The number of rotatable bonds is 5. The second-order valence-electron chi connectivity index (χ2n) is 4.43. The molecule has 1 aromatic rings. The van der Waals surface area contributed by atoms with Crippen LogP contribution in [0, 0.1) is 23.1 Å². The number of sulfonamides is 1. The standard InChI is InChI=1S/C12H13FN2O4S/c1-7(2)11(12(16)17)15-20(18,19)10-4-3-9(13)5-8(10)6-14/h3-5,7,11,15H,1-2H3,(H,16,17)/t11-/m1/s1. The normalized spacial score (nSPS) is 12.9. The lowest BCUT2D eigenvalue weighted by Gasteiger charge is -2.18. The van der Waals surface area contributed by atoms with Gasteiger partial charge in [0.05, 0.1) is 10.5 Å². The summed E-state index contributed by atoms with van der Waals surface area (Å²) in [4.78, 5) is 10.6. The van der Waals surface area contributed by atoms with E-state index < -0.39 is 38.7 Å². The molecule has 0 aliphatic carbocycles. The molecule has 0 amide bonds. The third-order valence-electron chi connectivity index (χ3n) is 2.57. The highest BCUT2D eigenvalue weighted by molar-refractivity contribution is 7.89. The van der Waals surface area contributed by atoms with Gasteiger partial charge in [-0.25, -0.2) is 12.8 Å². The van der Waals surface area contributed by atoms with Crippen LogP contribution in [-0.2, 0) is 14.8 Å². The predicted molar refractivity (Wildman–Crippen MR) is 67.7 cm³/mol. The number of carboxylic acid groups (broad SMARTS) is 1. The van der Waals surface area contributed by atoms with E-state index in [-0.39, 0.29) is 5.56 Å². The van der Waals surface area contributed by atoms with Gasteiger partial charge >= 0.3 is 5.97 Å². The quantitative estimate of drug-likeness (QED) is 0.846. The zero-order chi connectivity index (χ0) is 15.5. The summed E-state index contributed by atoms with van der Waals surface area (Å²) in [5.41, 5.74) is -0.384. The molecule has 0 fully saturated rings. The highest BCUT2D eigenvalue weighted by Crippen LogP contribution is 2.17. The van der Waals surface area contributed by atoms with Crippen molar-refractivity contribution in [2.75, 3.05) is 0 Å². The minimum Gasteiger partial charge on any atom is -0.480 e. The minimum absolute atomic E-state index is 0.384. The molecule has 8 heteroatoms. The Morgan fingerprint density at radius 1 is 1.45 bits per heavy atom. The fourth-order valence-electron chi connectivity index (χ4n) is 1.53. The van der Waals surface area contributed by atoms with Crippen LogP contribution in [0.5, 0.6) is 0 Å². The van der Waals surface area contributed by atoms with Crippen molar-refractivity contribution in [3.8, 4) is 6.07 Å². The van der Waals surface area contributed by atoms with E-state index in [0.29, 0.717) is 0 Å². The lowest BCUT2D eigenvalue weighted by atomic mass is 10.1. The van der Waals surface area contributed by atoms with Gasteiger partial charge < -0.3 is 5.11 Å². The molecular formula is C12H13FN2O4S. The summed E-state index contributed by atoms with van der Waals surface area (Å²) in [5, 5.41) is 17.8. The second kappa shape index (κ2) is 5.98. The fourth-order valence-corrected chi connectivity index (χ4v) is 3.00. The van der Waals surface area contributed by atoms with Gasteiger partial charge in [0.15, 0.2) is 0 Å². The van der Waals surface area contributed by atoms with Gasteiger partial charge in [-0.05, 0) is 24.1 Å². The zero-order valence-electron chi connectivity index (χ0n) is 10.8. The van der Waals surface area contributed by atoms with Gasteiger partial charge in [-0.2, -0.15) is 9.98 Å². The molecule has 0 aliphatic heterocycles. The summed E-state index contributed by atoms with van der Waals surface area (Å²) < 4.78 is 39.2. The topological polar surface area (TPSA) is 107 Å². The third-order valence-corrected chi connectivity index (χ3v) is 4.07. The molecule has 108 valence electrons. The van der Waals surface area contributed by atoms with Gasteiger partial charge in [-0.1, -0.05) is 13.8 Å². The van der Waals surface area contributed by atoms with E-state index in [1.54, 1.807) is 6.07 Å². The first-order chi connectivity index (χ1) is 9.19. The maximum Gasteiger partial charge on any atom is 0.322 e. The number of nitrogens with zero attached hydrogens (tertiary/aromatic N) is 1. The van der Waals surface area contributed by atoms with Crippen LogP contribution in [0.3, 0.4) is 0 Å². The number of carboxylic acids is 1. The molecule has 2 N–H and O–H groups in total. The average molecular weight is 300 g/mol. The summed E-state index contributed by atoms with van der Waals surface area (Å²) in [6, 6.07) is 2.82. The molecule has 6 nitrogen and oxygen atoms in total. The molecule has 0 aromatic heterocycles. The van der Waals surface area contributed by atoms with Crippen molar-refractivity contribution in [2.24, 2.45) is 5.92 Å². The number of halogens is 1. The van der Waals surface area contributed by atoms with Crippen molar-refractivity contribution in [2.45, 2.75) is 24.8 Å². The largest absolute Gasteiger partial charge is 0.480 e. The number of benzene rings is 1. The highest BCUT2D eigenvalue weighted by atomic mass is 32.2. The van der Waals surface area contributed by atoms with Crippen LogP contribution >= 0.6 is 0 Å². The molecule has 0 spiro atoms. The van der Waals surface area contributed by atoms with Crippen LogP contribution < -0.4 is 4.72 Å². The van der Waals surface area contributed by atoms with Crippen LogP contribution in [-0.4, -0.2) is 25.5 Å². The van der Waals surface area contributed by atoms with Crippen molar-refractivity contribution in [3.63, 3.8) is 0 Å². The molecule has 0 bridgehead atoms. The second-order valence-corrected chi connectivity index (χ2v) is 6.12. The zero-order valence-corrected chi connectivity index (χ0v) is 11.6. The van der Waals surface area contributed by atoms with Crippen LogP contribution in [0.25, 0.3) is 0 Å². The Morgan fingerprint density at radius 2 is 2.05 bits per heavy atom. The maximum atomic E-state index is 13.0. The maximum absolute atomic E-state index is 13.0. The van der Waals surface area contributed by atoms with Crippen LogP contribution in [0.2, 0.25) is 0 Å². The van der Waals surface area contributed by atoms with Gasteiger partial charge in [0.25, 0.3) is 0 Å². The average Bonchev–Trinajstić information content (AvgIpc) is 2.34. The van der Waals surface area contributed by atoms with Gasteiger partial charge in [0, 0.05) is 0 Å². The first-order valence-electron chi connectivity index (χ1n) is 5.64. The first-order valence-corrected chi connectivity index (χ1v) is 7.12. The van der Waals surface area contributed by atoms with E-state index in [2.05, 4.69) is 0 Å². The van der Waals surface area contributed by atoms with E-state index in [9.17, 15) is 17.6 Å². The molecule has 0 radical (unpaired) electrons. The molecule has 20 heavy (non-hydrogen) atoms. The van der Waals surface area contributed by atoms with E-state index in [1.807, 2.05) is 4.72 Å². The molecule has 0 heterocycles. The lowest BCUT2D eigenvalue weighted by Crippen LogP contribution is -2.44. The Kier molecular flexibility index (Phi) is 4.81. The molecule has 1 rings (SSSR count). The van der Waals surface area contributed by atoms with Crippen LogP contribution in [0.15, 0.2) is 23.1 Å². The Hall–Kier alpha value is -1.98. The smallest absolute Gasteiger partial charge is 0.322 e. The van der Waals surface area contributed by atoms with Crippen molar-refractivity contribution >= 4 is 16.0 Å². The van der Waals surface area contributed by atoms with Gasteiger partial charge in [0.2, 0.25) is 10.0 Å². The number of hydrogen-bond acceptors (Lipinski definition) is 4. The summed E-state index contributed by atoms with van der Waals surface area (Å²) in [6.07, 6.45) is 0. The monoisotopic (exact) mass is 300 g/mol. The summed E-state index contributed by atoms with van der Waals surface area (Å²) in [7, 11) is -4.23. The predicted octanol–water partition coefficient (Wildman–Crippen LogP) is 1.08. The molecular weight excluding hydrogens is 287 g/mol. The van der Waals surface area contributed by atoms with Gasteiger partial charge in [-0.3, -0.25) is 4.79 Å². The molecule has 0 unspecified atom stereocenters. The van der Waals surface area contributed by atoms with Crippen molar-refractivity contribution < 1.29 is 22.7 Å². The Bertz CT molecular complexity index is 665. The van der Waals surface area contributed by atoms with E-state index in [4.69, 9.17) is 10.4 Å². The van der Waals surface area contributed by atoms with Gasteiger partial charge in [-0.15, -0.1) is 0 Å². The summed E-state index contributed by atoms with van der Waals surface area (Å²) in [5.74, 6) is -2.57. The Labute approximate surface area is 115 Å². The van der Waals surface area contributed by atoms with E-state index in [0.717, 1.165) is 18.2 Å². The summed E-state index contributed by atoms with van der Waals surface area (Å²) in [6.45, 7) is 3.08. The number of aliphatic carboxylic acids is 1. The van der Waals surface area contributed by atoms with E-state index in [1.165, 1.54) is 13.8 Å².